The number of nitrogens with one attached hydrogen (secondary N) is 2. The number of benzene rings is 2. The van der Waals surface area contributed by atoms with Crippen molar-refractivity contribution in [3.05, 3.63) is 53.1 Å². The second-order valence-electron chi connectivity index (χ2n) is 5.32. The van der Waals surface area contributed by atoms with Crippen molar-refractivity contribution in [2.75, 3.05) is 17.2 Å². The minimum Gasteiger partial charge on any atom is -0.482 e. The Morgan fingerprint density at radius 3 is 2.82 bits per heavy atom. The lowest BCUT2D eigenvalue weighted by molar-refractivity contribution is -0.118. The zero-order valence-electron chi connectivity index (χ0n) is 12.4. The van der Waals surface area contributed by atoms with E-state index in [0.717, 1.165) is 16.8 Å². The number of ether oxygens (including phenoxy) is 1. The average molecular weight is 296 g/mol. The molecule has 5 heteroatoms. The summed E-state index contributed by atoms with van der Waals surface area (Å²) in [5.74, 6) is 0.102. The van der Waals surface area contributed by atoms with Crippen molar-refractivity contribution in [2.24, 2.45) is 0 Å². The standard InChI is InChI=1S/C17H16N2O3/c1-10-3-4-11(2)14(7-10)19-17(21)12-5-6-13-15(8-12)22-9-16(20)18-13/h3-8H,9H2,1-2H3,(H,18,20)(H,19,21). The van der Waals surface area contributed by atoms with Gasteiger partial charge in [-0.05, 0) is 49.2 Å². The minimum absolute atomic E-state index is 0.0327. The van der Waals surface area contributed by atoms with Gasteiger partial charge in [0.15, 0.2) is 6.61 Å². The second kappa shape index (κ2) is 5.52. The molecule has 0 saturated carbocycles. The van der Waals surface area contributed by atoms with E-state index in [0.29, 0.717) is 17.0 Å². The lowest BCUT2D eigenvalue weighted by atomic mass is 10.1. The number of hydrogen-bond donors (Lipinski definition) is 2. The van der Waals surface area contributed by atoms with Crippen molar-refractivity contribution in [1.82, 2.24) is 0 Å². The molecule has 0 aromatic heterocycles. The lowest BCUT2D eigenvalue weighted by Gasteiger charge is -2.18. The van der Waals surface area contributed by atoms with Gasteiger partial charge < -0.3 is 15.4 Å². The van der Waals surface area contributed by atoms with Gasteiger partial charge in [0.25, 0.3) is 11.8 Å². The SMILES string of the molecule is Cc1ccc(C)c(NC(=O)c2ccc3c(c2)OCC(=O)N3)c1. The summed E-state index contributed by atoms with van der Waals surface area (Å²) in [6.45, 7) is 3.89. The summed E-state index contributed by atoms with van der Waals surface area (Å²) < 4.78 is 5.33. The molecule has 0 unspecified atom stereocenters. The summed E-state index contributed by atoms with van der Waals surface area (Å²) in [7, 11) is 0. The van der Waals surface area contributed by atoms with Gasteiger partial charge in [0.1, 0.15) is 5.75 Å². The van der Waals surface area contributed by atoms with Crippen LogP contribution in [-0.2, 0) is 4.79 Å². The van der Waals surface area contributed by atoms with E-state index < -0.39 is 0 Å². The van der Waals surface area contributed by atoms with Crippen LogP contribution in [0, 0.1) is 13.8 Å². The fourth-order valence-corrected chi connectivity index (χ4v) is 2.28. The Bertz CT molecular complexity index is 768. The molecule has 0 aliphatic carbocycles. The zero-order valence-corrected chi connectivity index (χ0v) is 12.4. The second-order valence-corrected chi connectivity index (χ2v) is 5.32. The first kappa shape index (κ1) is 14.1. The molecule has 2 aromatic rings. The highest BCUT2D eigenvalue weighted by Gasteiger charge is 2.18. The van der Waals surface area contributed by atoms with Gasteiger partial charge in [0, 0.05) is 11.3 Å². The number of carbonyl (C=O) groups excluding carboxylic acids is 2. The van der Waals surface area contributed by atoms with E-state index in [2.05, 4.69) is 10.6 Å². The van der Waals surface area contributed by atoms with Crippen LogP contribution in [0.5, 0.6) is 5.75 Å². The Labute approximate surface area is 128 Å². The third kappa shape index (κ3) is 2.79. The predicted molar refractivity (Wildman–Crippen MR) is 84.4 cm³/mol. The third-order valence-electron chi connectivity index (χ3n) is 3.52. The molecular formula is C17H16N2O3. The number of rotatable bonds is 2. The van der Waals surface area contributed by atoms with E-state index >= 15 is 0 Å². The molecule has 5 nitrogen and oxygen atoms in total. The number of hydrogen-bond acceptors (Lipinski definition) is 3. The molecule has 1 aliphatic rings. The number of carbonyl (C=O) groups is 2. The van der Waals surface area contributed by atoms with Crippen molar-refractivity contribution < 1.29 is 14.3 Å². The number of aryl methyl sites for hydroxylation is 2. The highest BCUT2D eigenvalue weighted by molar-refractivity contribution is 6.06. The smallest absolute Gasteiger partial charge is 0.262 e. The summed E-state index contributed by atoms with van der Waals surface area (Å²) in [5, 5.41) is 5.60. The van der Waals surface area contributed by atoms with E-state index in [1.807, 2.05) is 32.0 Å². The summed E-state index contributed by atoms with van der Waals surface area (Å²) in [6, 6.07) is 10.9. The fraction of sp³-hybridized carbons (Fsp3) is 0.176. The normalized spacial score (nSPS) is 12.9. The lowest BCUT2D eigenvalue weighted by Crippen LogP contribution is -2.25. The Morgan fingerprint density at radius 1 is 1.18 bits per heavy atom. The Kier molecular flexibility index (Phi) is 3.55. The zero-order chi connectivity index (χ0) is 15.7. The highest BCUT2D eigenvalue weighted by Crippen LogP contribution is 2.29. The first-order valence-electron chi connectivity index (χ1n) is 6.98. The summed E-state index contributed by atoms with van der Waals surface area (Å²) in [6.07, 6.45) is 0. The van der Waals surface area contributed by atoms with Crippen molar-refractivity contribution in [1.29, 1.82) is 0 Å². The summed E-state index contributed by atoms with van der Waals surface area (Å²) in [4.78, 5) is 23.6. The van der Waals surface area contributed by atoms with Gasteiger partial charge in [-0.25, -0.2) is 0 Å². The number of anilines is 2. The molecular weight excluding hydrogens is 280 g/mol. The van der Waals surface area contributed by atoms with Crippen molar-refractivity contribution in [3.8, 4) is 5.75 Å². The molecule has 2 amide bonds. The maximum absolute atomic E-state index is 12.4. The van der Waals surface area contributed by atoms with Crippen LogP contribution >= 0.6 is 0 Å². The summed E-state index contributed by atoms with van der Waals surface area (Å²) in [5.41, 5.74) is 3.94. The molecule has 2 aromatic carbocycles. The maximum atomic E-state index is 12.4. The molecule has 22 heavy (non-hydrogen) atoms. The Morgan fingerprint density at radius 2 is 2.00 bits per heavy atom. The van der Waals surface area contributed by atoms with Gasteiger partial charge in [-0.1, -0.05) is 12.1 Å². The first-order valence-corrected chi connectivity index (χ1v) is 6.98. The van der Waals surface area contributed by atoms with Crippen LogP contribution in [0.25, 0.3) is 0 Å². The van der Waals surface area contributed by atoms with E-state index in [1.165, 1.54) is 0 Å². The van der Waals surface area contributed by atoms with Crippen LogP contribution in [0.3, 0.4) is 0 Å². The molecule has 0 radical (unpaired) electrons. The van der Waals surface area contributed by atoms with Crippen molar-refractivity contribution in [3.63, 3.8) is 0 Å². The van der Waals surface area contributed by atoms with E-state index in [-0.39, 0.29) is 18.4 Å². The van der Waals surface area contributed by atoms with Crippen LogP contribution in [0.1, 0.15) is 21.5 Å². The van der Waals surface area contributed by atoms with Crippen molar-refractivity contribution in [2.45, 2.75) is 13.8 Å². The molecule has 2 N–H and O–H groups in total. The molecule has 0 saturated heterocycles. The number of amides is 2. The largest absolute Gasteiger partial charge is 0.482 e. The first-order chi connectivity index (χ1) is 10.5. The molecule has 0 fully saturated rings. The van der Waals surface area contributed by atoms with Gasteiger partial charge >= 0.3 is 0 Å². The van der Waals surface area contributed by atoms with Crippen LogP contribution in [-0.4, -0.2) is 18.4 Å². The van der Waals surface area contributed by atoms with Crippen LogP contribution < -0.4 is 15.4 Å². The fourth-order valence-electron chi connectivity index (χ4n) is 2.28. The Hall–Kier alpha value is -2.82. The molecule has 0 bridgehead atoms. The molecule has 1 aliphatic heterocycles. The monoisotopic (exact) mass is 296 g/mol. The van der Waals surface area contributed by atoms with Crippen molar-refractivity contribution >= 4 is 23.2 Å². The topological polar surface area (TPSA) is 67.4 Å². The highest BCUT2D eigenvalue weighted by atomic mass is 16.5. The summed E-state index contributed by atoms with van der Waals surface area (Å²) >= 11 is 0. The van der Waals surface area contributed by atoms with Gasteiger partial charge in [-0.3, -0.25) is 9.59 Å². The van der Waals surface area contributed by atoms with Gasteiger partial charge in [-0.15, -0.1) is 0 Å². The van der Waals surface area contributed by atoms with Crippen LogP contribution in [0.15, 0.2) is 36.4 Å². The van der Waals surface area contributed by atoms with E-state index in [1.54, 1.807) is 18.2 Å². The predicted octanol–water partition coefficient (Wildman–Crippen LogP) is 2.89. The molecule has 3 rings (SSSR count). The molecule has 0 spiro atoms. The van der Waals surface area contributed by atoms with E-state index in [4.69, 9.17) is 4.74 Å². The average Bonchev–Trinajstić information content (AvgIpc) is 2.50. The van der Waals surface area contributed by atoms with Crippen LogP contribution in [0.2, 0.25) is 0 Å². The molecule has 0 atom stereocenters. The maximum Gasteiger partial charge on any atom is 0.262 e. The minimum atomic E-state index is -0.211. The quantitative estimate of drug-likeness (QED) is 0.895. The van der Waals surface area contributed by atoms with Gasteiger partial charge in [0.2, 0.25) is 0 Å². The van der Waals surface area contributed by atoms with Gasteiger partial charge in [0.05, 0.1) is 5.69 Å². The molecule has 112 valence electrons. The van der Waals surface area contributed by atoms with Crippen LogP contribution in [0.4, 0.5) is 11.4 Å². The van der Waals surface area contributed by atoms with Gasteiger partial charge in [-0.2, -0.15) is 0 Å². The van der Waals surface area contributed by atoms with E-state index in [9.17, 15) is 9.59 Å². The number of fused-ring (bicyclic) bond motifs is 1. The molecule has 1 heterocycles. The third-order valence-corrected chi connectivity index (χ3v) is 3.52. The Balaban J connectivity index is 1.84.